The zero-order valence-corrected chi connectivity index (χ0v) is 7.87. The third kappa shape index (κ3) is 2.29. The summed E-state index contributed by atoms with van der Waals surface area (Å²) in [5.74, 6) is 0.136. The zero-order valence-electron chi connectivity index (χ0n) is 7.87. The van der Waals surface area contributed by atoms with Crippen LogP contribution in [0.1, 0.15) is 22.8 Å². The first-order valence-corrected chi connectivity index (χ1v) is 3.98. The zero-order chi connectivity index (χ0) is 10.7. The predicted octanol–water partition coefficient (Wildman–Crippen LogP) is 1.68. The maximum Gasteiger partial charge on any atom is 0.410 e. The van der Waals surface area contributed by atoms with E-state index in [1.54, 1.807) is 6.92 Å². The summed E-state index contributed by atoms with van der Waals surface area (Å²) in [6.45, 7) is 3.17. The van der Waals surface area contributed by atoms with E-state index in [1.165, 1.54) is 19.2 Å². The minimum absolute atomic E-state index is 0.0862. The van der Waals surface area contributed by atoms with Gasteiger partial charge in [-0.25, -0.2) is 9.78 Å². The number of carbonyl (C=O) groups is 2. The molecule has 1 rings (SSSR count). The fourth-order valence-electron chi connectivity index (χ4n) is 1.10. The second kappa shape index (κ2) is 3.87. The first kappa shape index (κ1) is 10.2. The van der Waals surface area contributed by atoms with E-state index in [9.17, 15) is 9.59 Å². The van der Waals surface area contributed by atoms with Gasteiger partial charge < -0.3 is 5.11 Å². The van der Waals surface area contributed by atoms with Gasteiger partial charge in [0.2, 0.25) is 0 Å². The Morgan fingerprint density at radius 1 is 1.50 bits per heavy atom. The number of amides is 1. The summed E-state index contributed by atoms with van der Waals surface area (Å²) in [7, 11) is 0. The van der Waals surface area contributed by atoms with Crippen LogP contribution >= 0.6 is 0 Å². The molecule has 0 atom stereocenters. The van der Waals surface area contributed by atoms with Gasteiger partial charge in [0.25, 0.3) is 0 Å². The number of rotatable bonds is 2. The fraction of sp³-hybridized carbons (Fsp3) is 0.222. The molecule has 1 aromatic rings. The smallest absolute Gasteiger partial charge is 0.410 e. The van der Waals surface area contributed by atoms with Gasteiger partial charge in [-0.05, 0) is 25.5 Å². The monoisotopic (exact) mass is 194 g/mol. The average molecular weight is 194 g/mol. The first-order valence-electron chi connectivity index (χ1n) is 3.98. The predicted molar refractivity (Wildman–Crippen MR) is 50.6 cm³/mol. The summed E-state index contributed by atoms with van der Waals surface area (Å²) in [4.78, 5) is 25.1. The number of anilines is 1. The molecule has 0 unspecified atom stereocenters. The van der Waals surface area contributed by atoms with Crippen molar-refractivity contribution in [2.45, 2.75) is 13.8 Å². The summed E-state index contributed by atoms with van der Waals surface area (Å²) >= 11 is 0. The third-order valence-corrected chi connectivity index (χ3v) is 1.73. The SMILES string of the molecule is CC(=O)c1cnc(NC(=O)O)cc1C. The van der Waals surface area contributed by atoms with Gasteiger partial charge in [0.1, 0.15) is 5.82 Å². The van der Waals surface area contributed by atoms with Crippen molar-refractivity contribution >= 4 is 17.7 Å². The molecular formula is C9H10N2O3. The second-order valence-corrected chi connectivity index (χ2v) is 2.87. The van der Waals surface area contributed by atoms with Crippen LogP contribution in [0.4, 0.5) is 10.6 Å². The van der Waals surface area contributed by atoms with Crippen LogP contribution in [0.15, 0.2) is 12.3 Å². The average Bonchev–Trinajstić information content (AvgIpc) is 2.01. The van der Waals surface area contributed by atoms with Crippen molar-refractivity contribution in [3.63, 3.8) is 0 Å². The van der Waals surface area contributed by atoms with Gasteiger partial charge in [0, 0.05) is 11.8 Å². The van der Waals surface area contributed by atoms with Crippen LogP contribution in [0.3, 0.4) is 0 Å². The molecule has 0 bridgehead atoms. The molecule has 0 fully saturated rings. The molecule has 14 heavy (non-hydrogen) atoms. The van der Waals surface area contributed by atoms with Gasteiger partial charge in [0.05, 0.1) is 0 Å². The van der Waals surface area contributed by atoms with E-state index >= 15 is 0 Å². The van der Waals surface area contributed by atoms with Crippen LogP contribution in [-0.2, 0) is 0 Å². The second-order valence-electron chi connectivity index (χ2n) is 2.87. The van der Waals surface area contributed by atoms with E-state index in [0.29, 0.717) is 11.1 Å². The van der Waals surface area contributed by atoms with Crippen LogP contribution in [0.25, 0.3) is 0 Å². The molecule has 0 saturated heterocycles. The number of carboxylic acid groups (broad SMARTS) is 1. The Labute approximate surface area is 80.8 Å². The Morgan fingerprint density at radius 3 is 2.57 bits per heavy atom. The molecule has 2 N–H and O–H groups in total. The van der Waals surface area contributed by atoms with Crippen molar-refractivity contribution in [2.75, 3.05) is 5.32 Å². The Hall–Kier alpha value is -1.91. The van der Waals surface area contributed by atoms with E-state index in [4.69, 9.17) is 5.11 Å². The number of hydrogen-bond donors (Lipinski definition) is 2. The molecule has 1 amide bonds. The number of nitrogens with zero attached hydrogens (tertiary/aromatic N) is 1. The van der Waals surface area contributed by atoms with E-state index in [0.717, 1.165) is 0 Å². The first-order chi connectivity index (χ1) is 6.50. The lowest BCUT2D eigenvalue weighted by Crippen LogP contribution is -2.09. The van der Waals surface area contributed by atoms with Crippen molar-refractivity contribution in [1.82, 2.24) is 4.98 Å². The Morgan fingerprint density at radius 2 is 2.14 bits per heavy atom. The van der Waals surface area contributed by atoms with Gasteiger partial charge >= 0.3 is 6.09 Å². The van der Waals surface area contributed by atoms with Crippen LogP contribution in [0, 0.1) is 6.92 Å². The van der Waals surface area contributed by atoms with Crippen molar-refractivity contribution < 1.29 is 14.7 Å². The Kier molecular flexibility index (Phi) is 2.81. The summed E-state index contributed by atoms with van der Waals surface area (Å²) in [5, 5.41) is 10.5. The minimum Gasteiger partial charge on any atom is -0.465 e. The minimum atomic E-state index is -1.17. The van der Waals surface area contributed by atoms with Crippen molar-refractivity contribution in [3.05, 3.63) is 23.4 Å². The molecule has 1 heterocycles. The van der Waals surface area contributed by atoms with Crippen molar-refractivity contribution in [3.8, 4) is 0 Å². The standard InChI is InChI=1S/C9H10N2O3/c1-5-3-8(11-9(13)14)10-4-7(5)6(2)12/h3-4H,1-2H3,(H,10,11)(H,13,14). The number of Topliss-reactive ketones (excluding diaryl/α,β-unsaturated/α-hetero) is 1. The topological polar surface area (TPSA) is 79.3 Å². The molecule has 0 radical (unpaired) electrons. The Bertz CT molecular complexity index is 388. The van der Waals surface area contributed by atoms with Crippen molar-refractivity contribution in [2.24, 2.45) is 0 Å². The van der Waals surface area contributed by atoms with Gasteiger partial charge in [-0.3, -0.25) is 10.1 Å². The lowest BCUT2D eigenvalue weighted by atomic mass is 10.1. The number of ketones is 1. The van der Waals surface area contributed by atoms with E-state index in [2.05, 4.69) is 10.3 Å². The highest BCUT2D eigenvalue weighted by Gasteiger charge is 2.06. The molecule has 5 heteroatoms. The van der Waals surface area contributed by atoms with Crippen LogP contribution in [0.2, 0.25) is 0 Å². The molecule has 74 valence electrons. The molecule has 0 spiro atoms. The number of nitrogens with one attached hydrogen (secondary N) is 1. The van der Waals surface area contributed by atoms with Gasteiger partial charge in [-0.15, -0.1) is 0 Å². The van der Waals surface area contributed by atoms with Crippen LogP contribution < -0.4 is 5.32 Å². The maximum atomic E-state index is 11.0. The quantitative estimate of drug-likeness (QED) is 0.702. The number of pyridine rings is 1. The van der Waals surface area contributed by atoms with Crippen LogP contribution in [0.5, 0.6) is 0 Å². The van der Waals surface area contributed by atoms with Gasteiger partial charge in [0.15, 0.2) is 5.78 Å². The Balaban J connectivity index is 3.00. The number of aryl methyl sites for hydroxylation is 1. The van der Waals surface area contributed by atoms with Gasteiger partial charge in [-0.2, -0.15) is 0 Å². The number of hydrogen-bond acceptors (Lipinski definition) is 3. The highest BCUT2D eigenvalue weighted by atomic mass is 16.4. The normalized spacial score (nSPS) is 9.57. The maximum absolute atomic E-state index is 11.0. The largest absolute Gasteiger partial charge is 0.465 e. The molecule has 0 aliphatic carbocycles. The highest BCUT2D eigenvalue weighted by molar-refractivity contribution is 5.95. The summed E-state index contributed by atoms with van der Waals surface area (Å²) in [5.41, 5.74) is 1.21. The molecule has 1 aromatic heterocycles. The lowest BCUT2D eigenvalue weighted by Gasteiger charge is -2.04. The molecule has 0 aromatic carbocycles. The van der Waals surface area contributed by atoms with E-state index < -0.39 is 6.09 Å². The van der Waals surface area contributed by atoms with E-state index in [1.807, 2.05) is 0 Å². The highest BCUT2D eigenvalue weighted by Crippen LogP contribution is 2.12. The lowest BCUT2D eigenvalue weighted by molar-refractivity contribution is 0.101. The fourth-order valence-corrected chi connectivity index (χ4v) is 1.10. The van der Waals surface area contributed by atoms with E-state index in [-0.39, 0.29) is 11.6 Å². The van der Waals surface area contributed by atoms with Crippen LogP contribution in [-0.4, -0.2) is 22.0 Å². The number of carbonyl (C=O) groups excluding carboxylic acids is 1. The molecule has 5 nitrogen and oxygen atoms in total. The molecule has 0 saturated carbocycles. The number of aromatic nitrogens is 1. The van der Waals surface area contributed by atoms with Gasteiger partial charge in [-0.1, -0.05) is 0 Å². The summed E-state index contributed by atoms with van der Waals surface area (Å²) < 4.78 is 0. The third-order valence-electron chi connectivity index (χ3n) is 1.73. The molecule has 0 aliphatic rings. The summed E-state index contributed by atoms with van der Waals surface area (Å²) in [6, 6.07) is 1.52. The molecule has 0 aliphatic heterocycles. The van der Waals surface area contributed by atoms with Crippen molar-refractivity contribution in [1.29, 1.82) is 0 Å². The summed E-state index contributed by atoms with van der Waals surface area (Å²) in [6.07, 6.45) is 0.190. The molecular weight excluding hydrogens is 184 g/mol.